The molecule has 0 radical (unpaired) electrons. The van der Waals surface area contributed by atoms with E-state index in [0.29, 0.717) is 39.0 Å². The summed E-state index contributed by atoms with van der Waals surface area (Å²) in [5, 5.41) is 2.88. The van der Waals surface area contributed by atoms with Crippen molar-refractivity contribution in [2.75, 3.05) is 32.1 Å². The Morgan fingerprint density at radius 3 is 2.36 bits per heavy atom. The summed E-state index contributed by atoms with van der Waals surface area (Å²) < 4.78 is 10.6. The average Bonchev–Trinajstić information content (AvgIpc) is 2.75. The van der Waals surface area contributed by atoms with Crippen LogP contribution in [-0.4, -0.2) is 43.7 Å². The quantitative estimate of drug-likeness (QED) is 0.773. The highest BCUT2D eigenvalue weighted by molar-refractivity contribution is 5.89. The van der Waals surface area contributed by atoms with Crippen LogP contribution < -0.4 is 10.1 Å². The monoisotopic (exact) mass is 382 g/mol. The number of likely N-dealkylation sites (tertiary alicyclic amines) is 1. The SMILES string of the molecule is COc1ccc(CCOC(=O)C2CCN(C(=O)Nc3ccccc3)CC2)cc1. The lowest BCUT2D eigenvalue weighted by Gasteiger charge is -2.31. The van der Waals surface area contributed by atoms with Crippen LogP contribution in [-0.2, 0) is 16.0 Å². The number of piperidine rings is 1. The smallest absolute Gasteiger partial charge is 0.321 e. The summed E-state index contributed by atoms with van der Waals surface area (Å²) in [5.74, 6) is 0.497. The van der Waals surface area contributed by atoms with E-state index in [1.807, 2.05) is 54.6 Å². The summed E-state index contributed by atoms with van der Waals surface area (Å²) in [6.45, 7) is 1.47. The van der Waals surface area contributed by atoms with Crippen molar-refractivity contribution in [3.63, 3.8) is 0 Å². The van der Waals surface area contributed by atoms with Crippen molar-refractivity contribution in [3.05, 3.63) is 60.2 Å². The Bertz CT molecular complexity index is 769. The molecular weight excluding hydrogens is 356 g/mol. The van der Waals surface area contributed by atoms with Gasteiger partial charge in [0, 0.05) is 25.2 Å². The molecule has 0 spiro atoms. The number of rotatable bonds is 6. The van der Waals surface area contributed by atoms with E-state index in [2.05, 4.69) is 5.32 Å². The van der Waals surface area contributed by atoms with E-state index in [1.165, 1.54) is 0 Å². The zero-order chi connectivity index (χ0) is 19.8. The molecule has 1 fully saturated rings. The van der Waals surface area contributed by atoms with Crippen molar-refractivity contribution < 1.29 is 19.1 Å². The van der Waals surface area contributed by atoms with Gasteiger partial charge in [0.15, 0.2) is 0 Å². The van der Waals surface area contributed by atoms with Crippen molar-refractivity contribution in [2.24, 2.45) is 5.92 Å². The third kappa shape index (κ3) is 5.49. The summed E-state index contributed by atoms with van der Waals surface area (Å²) in [4.78, 5) is 26.3. The fourth-order valence-corrected chi connectivity index (χ4v) is 3.22. The summed E-state index contributed by atoms with van der Waals surface area (Å²) in [6.07, 6.45) is 1.93. The first-order valence-electron chi connectivity index (χ1n) is 9.56. The lowest BCUT2D eigenvalue weighted by atomic mass is 9.97. The van der Waals surface area contributed by atoms with Gasteiger partial charge in [0.25, 0.3) is 0 Å². The minimum Gasteiger partial charge on any atom is -0.497 e. The molecule has 3 rings (SSSR count). The van der Waals surface area contributed by atoms with Gasteiger partial charge in [-0.1, -0.05) is 30.3 Å². The van der Waals surface area contributed by atoms with Crippen LogP contribution in [0.4, 0.5) is 10.5 Å². The molecule has 0 aliphatic carbocycles. The molecule has 1 heterocycles. The highest BCUT2D eigenvalue weighted by Gasteiger charge is 2.28. The molecule has 1 saturated heterocycles. The van der Waals surface area contributed by atoms with Crippen molar-refractivity contribution in [1.82, 2.24) is 4.90 Å². The fraction of sp³-hybridized carbons (Fsp3) is 0.364. The number of benzene rings is 2. The maximum Gasteiger partial charge on any atom is 0.321 e. The third-order valence-corrected chi connectivity index (χ3v) is 4.93. The second-order valence-corrected chi connectivity index (χ2v) is 6.82. The van der Waals surface area contributed by atoms with Gasteiger partial charge in [0.2, 0.25) is 0 Å². The maximum absolute atomic E-state index is 12.3. The molecule has 2 amide bonds. The number of hydrogen-bond acceptors (Lipinski definition) is 4. The highest BCUT2D eigenvalue weighted by atomic mass is 16.5. The van der Waals surface area contributed by atoms with E-state index in [1.54, 1.807) is 12.0 Å². The normalized spacial score (nSPS) is 14.4. The number of hydrogen-bond donors (Lipinski definition) is 1. The van der Waals surface area contributed by atoms with Crippen LogP contribution in [0.1, 0.15) is 18.4 Å². The van der Waals surface area contributed by atoms with E-state index in [-0.39, 0.29) is 17.9 Å². The van der Waals surface area contributed by atoms with Crippen LogP contribution >= 0.6 is 0 Å². The number of amides is 2. The Balaban J connectivity index is 1.37. The number of methoxy groups -OCH3 is 1. The predicted octanol–water partition coefficient (Wildman–Crippen LogP) is 3.73. The summed E-state index contributed by atoms with van der Waals surface area (Å²) in [7, 11) is 1.63. The number of anilines is 1. The molecule has 1 aliphatic heterocycles. The number of esters is 1. The molecule has 0 saturated carbocycles. The molecular formula is C22H26N2O4. The second kappa shape index (κ2) is 9.78. The number of carbonyl (C=O) groups is 2. The van der Waals surface area contributed by atoms with Crippen LogP contribution in [0.15, 0.2) is 54.6 Å². The van der Waals surface area contributed by atoms with Gasteiger partial charge in [-0.3, -0.25) is 4.79 Å². The van der Waals surface area contributed by atoms with Gasteiger partial charge >= 0.3 is 12.0 Å². The molecule has 148 valence electrons. The molecule has 0 unspecified atom stereocenters. The first-order chi connectivity index (χ1) is 13.7. The van der Waals surface area contributed by atoms with E-state index in [4.69, 9.17) is 9.47 Å². The molecule has 0 bridgehead atoms. The van der Waals surface area contributed by atoms with E-state index in [9.17, 15) is 9.59 Å². The zero-order valence-corrected chi connectivity index (χ0v) is 16.1. The molecule has 0 aromatic heterocycles. The number of nitrogens with one attached hydrogen (secondary N) is 1. The lowest BCUT2D eigenvalue weighted by Crippen LogP contribution is -2.42. The molecule has 6 heteroatoms. The van der Waals surface area contributed by atoms with Crippen LogP contribution in [0.5, 0.6) is 5.75 Å². The van der Waals surface area contributed by atoms with Crippen molar-refractivity contribution in [3.8, 4) is 5.75 Å². The summed E-state index contributed by atoms with van der Waals surface area (Å²) >= 11 is 0. The maximum atomic E-state index is 12.3. The minimum absolute atomic E-state index is 0.127. The first kappa shape index (κ1) is 19.7. The third-order valence-electron chi connectivity index (χ3n) is 4.93. The Morgan fingerprint density at radius 2 is 1.71 bits per heavy atom. The minimum atomic E-state index is -0.170. The number of para-hydroxylation sites is 1. The van der Waals surface area contributed by atoms with Gasteiger partial charge in [0.05, 0.1) is 19.6 Å². The van der Waals surface area contributed by atoms with E-state index < -0.39 is 0 Å². The average molecular weight is 382 g/mol. The number of urea groups is 1. The molecule has 6 nitrogen and oxygen atoms in total. The van der Waals surface area contributed by atoms with Crippen LogP contribution in [0.25, 0.3) is 0 Å². The van der Waals surface area contributed by atoms with E-state index in [0.717, 1.165) is 17.0 Å². The summed E-state index contributed by atoms with van der Waals surface area (Å²) in [6, 6.07) is 17.0. The van der Waals surface area contributed by atoms with Crippen LogP contribution in [0, 0.1) is 5.92 Å². The largest absolute Gasteiger partial charge is 0.497 e. The Hall–Kier alpha value is -3.02. The lowest BCUT2D eigenvalue weighted by molar-refractivity contribution is -0.149. The van der Waals surface area contributed by atoms with Crippen LogP contribution in [0.3, 0.4) is 0 Å². The van der Waals surface area contributed by atoms with Gasteiger partial charge in [-0.05, 0) is 42.7 Å². The number of ether oxygens (including phenoxy) is 2. The summed E-state index contributed by atoms with van der Waals surface area (Å²) in [5.41, 5.74) is 1.87. The van der Waals surface area contributed by atoms with Crippen LogP contribution in [0.2, 0.25) is 0 Å². The zero-order valence-electron chi connectivity index (χ0n) is 16.1. The van der Waals surface area contributed by atoms with Gasteiger partial charge in [-0.15, -0.1) is 0 Å². The van der Waals surface area contributed by atoms with Crippen molar-refractivity contribution in [1.29, 1.82) is 0 Å². The van der Waals surface area contributed by atoms with Gasteiger partial charge < -0.3 is 19.7 Å². The molecule has 1 N–H and O–H groups in total. The standard InChI is InChI=1S/C22H26N2O4/c1-27-20-9-7-17(8-10-20)13-16-28-21(25)18-11-14-24(15-12-18)22(26)23-19-5-3-2-4-6-19/h2-10,18H,11-16H2,1H3,(H,23,26). The predicted molar refractivity (Wildman–Crippen MR) is 107 cm³/mol. The van der Waals surface area contributed by atoms with E-state index >= 15 is 0 Å². The molecule has 1 aliphatic rings. The fourth-order valence-electron chi connectivity index (χ4n) is 3.22. The molecule has 28 heavy (non-hydrogen) atoms. The van der Waals surface area contributed by atoms with Gasteiger partial charge in [-0.2, -0.15) is 0 Å². The molecule has 0 atom stereocenters. The Labute approximate surface area is 165 Å². The second-order valence-electron chi connectivity index (χ2n) is 6.82. The Kier molecular flexibility index (Phi) is 6.89. The Morgan fingerprint density at radius 1 is 1.04 bits per heavy atom. The van der Waals surface area contributed by atoms with Crippen molar-refractivity contribution >= 4 is 17.7 Å². The topological polar surface area (TPSA) is 67.9 Å². The highest BCUT2D eigenvalue weighted by Crippen LogP contribution is 2.20. The van der Waals surface area contributed by atoms with Crippen molar-refractivity contribution in [2.45, 2.75) is 19.3 Å². The van der Waals surface area contributed by atoms with Gasteiger partial charge in [0.1, 0.15) is 5.75 Å². The first-order valence-corrected chi connectivity index (χ1v) is 9.56. The number of nitrogens with zero attached hydrogens (tertiary/aromatic N) is 1. The number of carbonyl (C=O) groups excluding carboxylic acids is 2. The molecule has 2 aromatic rings. The van der Waals surface area contributed by atoms with Gasteiger partial charge in [-0.25, -0.2) is 4.79 Å². The molecule has 2 aromatic carbocycles.